The van der Waals surface area contributed by atoms with Crippen molar-refractivity contribution in [3.05, 3.63) is 94.1 Å². The number of carbonyl (C=O) groups is 1. The first-order valence-corrected chi connectivity index (χ1v) is 10.2. The van der Waals surface area contributed by atoms with E-state index < -0.39 is 0 Å². The Hall–Kier alpha value is -3.80. The van der Waals surface area contributed by atoms with Crippen LogP contribution in [0.15, 0.2) is 59.2 Å². The molecule has 0 bridgehead atoms. The average Bonchev–Trinajstić information content (AvgIpc) is 3.43. The Kier molecular flexibility index (Phi) is 4.43. The van der Waals surface area contributed by atoms with E-state index in [1.807, 2.05) is 63.2 Å². The molecule has 2 aromatic heterocycles. The van der Waals surface area contributed by atoms with Gasteiger partial charge < -0.3 is 14.4 Å². The predicted molar refractivity (Wildman–Crippen MR) is 117 cm³/mol. The Morgan fingerprint density at radius 2 is 1.87 bits per heavy atom. The van der Waals surface area contributed by atoms with Gasteiger partial charge in [-0.05, 0) is 55.7 Å². The number of nitrogens with zero attached hydrogens (tertiary/aromatic N) is 2. The molecule has 1 atom stereocenters. The molecule has 0 saturated carbocycles. The van der Waals surface area contributed by atoms with Gasteiger partial charge in [0.05, 0.1) is 18.8 Å². The monoisotopic (exact) mass is 413 g/mol. The van der Waals surface area contributed by atoms with E-state index in [9.17, 15) is 9.90 Å². The third-order valence-corrected chi connectivity index (χ3v) is 5.86. The maximum Gasteiger partial charge on any atom is 0.273 e. The van der Waals surface area contributed by atoms with Gasteiger partial charge in [-0.2, -0.15) is 5.10 Å². The SMILES string of the molecule is Cc1ccc([C@H]2c3c(-c4c(C)cc(C)cc4O)n[nH]c3C(=O)N2Cc2ccco2)cc1. The number of benzene rings is 2. The van der Waals surface area contributed by atoms with Crippen molar-refractivity contribution < 1.29 is 14.3 Å². The van der Waals surface area contributed by atoms with E-state index in [1.54, 1.807) is 17.2 Å². The maximum absolute atomic E-state index is 13.4. The number of aryl methyl sites for hydroxylation is 3. The van der Waals surface area contributed by atoms with Gasteiger partial charge in [0.15, 0.2) is 0 Å². The highest BCUT2D eigenvalue weighted by Gasteiger charge is 2.43. The zero-order chi connectivity index (χ0) is 21.7. The molecular weight excluding hydrogens is 390 g/mol. The molecule has 0 unspecified atom stereocenters. The van der Waals surface area contributed by atoms with Crippen LogP contribution in [0.4, 0.5) is 0 Å². The van der Waals surface area contributed by atoms with Crippen molar-refractivity contribution in [2.45, 2.75) is 33.4 Å². The first kappa shape index (κ1) is 19.2. The second-order valence-electron chi connectivity index (χ2n) is 8.16. The minimum absolute atomic E-state index is 0.139. The Morgan fingerprint density at radius 1 is 1.10 bits per heavy atom. The van der Waals surface area contributed by atoms with Crippen molar-refractivity contribution in [1.29, 1.82) is 0 Å². The van der Waals surface area contributed by atoms with Crippen molar-refractivity contribution in [2.24, 2.45) is 0 Å². The van der Waals surface area contributed by atoms with Gasteiger partial charge in [-0.25, -0.2) is 0 Å². The number of aromatic hydroxyl groups is 1. The van der Waals surface area contributed by atoms with Gasteiger partial charge in [0.25, 0.3) is 5.91 Å². The summed E-state index contributed by atoms with van der Waals surface area (Å²) in [7, 11) is 0. The minimum atomic E-state index is -0.345. The molecule has 1 aliphatic rings. The smallest absolute Gasteiger partial charge is 0.273 e. The number of nitrogens with one attached hydrogen (secondary N) is 1. The zero-order valence-electron chi connectivity index (χ0n) is 17.6. The van der Waals surface area contributed by atoms with Crippen LogP contribution < -0.4 is 0 Å². The van der Waals surface area contributed by atoms with Gasteiger partial charge >= 0.3 is 0 Å². The molecule has 1 amide bonds. The minimum Gasteiger partial charge on any atom is -0.507 e. The van der Waals surface area contributed by atoms with Gasteiger partial charge in [-0.1, -0.05) is 35.9 Å². The highest BCUT2D eigenvalue weighted by Crippen LogP contribution is 2.46. The largest absolute Gasteiger partial charge is 0.507 e. The number of amides is 1. The van der Waals surface area contributed by atoms with Crippen LogP contribution in [0.25, 0.3) is 11.3 Å². The Labute approximate surface area is 180 Å². The van der Waals surface area contributed by atoms with Gasteiger partial charge in [0.2, 0.25) is 0 Å². The highest BCUT2D eigenvalue weighted by molar-refractivity contribution is 6.00. The maximum atomic E-state index is 13.4. The lowest BCUT2D eigenvalue weighted by Crippen LogP contribution is -2.29. The quantitative estimate of drug-likeness (QED) is 0.491. The molecular formula is C25H23N3O3. The molecule has 6 nitrogen and oxygen atoms in total. The lowest BCUT2D eigenvalue weighted by molar-refractivity contribution is 0.0717. The molecule has 6 heteroatoms. The molecule has 0 saturated heterocycles. The first-order chi connectivity index (χ1) is 14.9. The number of phenols is 1. The van der Waals surface area contributed by atoms with Crippen LogP contribution in [-0.2, 0) is 6.54 Å². The summed E-state index contributed by atoms with van der Waals surface area (Å²) >= 11 is 0. The summed E-state index contributed by atoms with van der Waals surface area (Å²) in [5, 5.41) is 18.2. The van der Waals surface area contributed by atoms with Crippen LogP contribution in [0.1, 0.15) is 50.1 Å². The number of aromatic amines is 1. The number of carbonyl (C=O) groups excluding carboxylic acids is 1. The summed E-state index contributed by atoms with van der Waals surface area (Å²) in [4.78, 5) is 15.2. The van der Waals surface area contributed by atoms with E-state index in [-0.39, 0.29) is 17.7 Å². The van der Waals surface area contributed by atoms with Crippen molar-refractivity contribution >= 4 is 5.91 Å². The van der Waals surface area contributed by atoms with E-state index in [2.05, 4.69) is 10.2 Å². The number of furan rings is 1. The van der Waals surface area contributed by atoms with Gasteiger partial charge in [-0.15, -0.1) is 0 Å². The van der Waals surface area contributed by atoms with E-state index in [0.717, 1.165) is 27.8 Å². The molecule has 0 fully saturated rings. The summed E-state index contributed by atoms with van der Waals surface area (Å²) in [5.41, 5.74) is 6.48. The first-order valence-electron chi connectivity index (χ1n) is 10.2. The number of hydrogen-bond donors (Lipinski definition) is 2. The van der Waals surface area contributed by atoms with E-state index in [1.165, 1.54) is 0 Å². The fraction of sp³-hybridized carbons (Fsp3) is 0.200. The number of H-pyrrole nitrogens is 1. The van der Waals surface area contributed by atoms with Gasteiger partial charge in [0, 0.05) is 11.1 Å². The fourth-order valence-corrected chi connectivity index (χ4v) is 4.47. The predicted octanol–water partition coefficient (Wildman–Crippen LogP) is 5.05. The van der Waals surface area contributed by atoms with Crippen molar-refractivity contribution in [3.8, 4) is 17.0 Å². The second kappa shape index (κ2) is 7.16. The average molecular weight is 413 g/mol. The van der Waals surface area contributed by atoms with Crippen LogP contribution in [0.5, 0.6) is 5.75 Å². The lowest BCUT2D eigenvalue weighted by Gasteiger charge is -2.26. The van der Waals surface area contributed by atoms with E-state index >= 15 is 0 Å². The molecule has 0 radical (unpaired) electrons. The summed E-state index contributed by atoms with van der Waals surface area (Å²) in [6.45, 7) is 6.26. The molecule has 2 aromatic carbocycles. The topological polar surface area (TPSA) is 82.4 Å². The van der Waals surface area contributed by atoms with Crippen LogP contribution >= 0.6 is 0 Å². The Morgan fingerprint density at radius 3 is 2.55 bits per heavy atom. The number of rotatable bonds is 4. The molecule has 1 aliphatic heterocycles. The molecule has 0 aliphatic carbocycles. The second-order valence-corrected chi connectivity index (χ2v) is 8.16. The van der Waals surface area contributed by atoms with Crippen molar-refractivity contribution in [1.82, 2.24) is 15.1 Å². The number of aromatic nitrogens is 2. The van der Waals surface area contributed by atoms with Crippen molar-refractivity contribution in [2.75, 3.05) is 0 Å². The summed E-state index contributed by atoms with van der Waals surface area (Å²) in [6.07, 6.45) is 1.61. The van der Waals surface area contributed by atoms with Crippen LogP contribution in [0, 0.1) is 20.8 Å². The van der Waals surface area contributed by atoms with E-state index in [0.29, 0.717) is 29.3 Å². The summed E-state index contributed by atoms with van der Waals surface area (Å²) in [6, 6.07) is 15.2. The van der Waals surface area contributed by atoms with E-state index in [4.69, 9.17) is 4.42 Å². The van der Waals surface area contributed by atoms with Crippen LogP contribution in [0.2, 0.25) is 0 Å². The molecule has 4 aromatic rings. The Balaban J connectivity index is 1.70. The molecule has 0 spiro atoms. The molecule has 2 N–H and O–H groups in total. The summed E-state index contributed by atoms with van der Waals surface area (Å²) in [5.74, 6) is 0.728. The Bertz CT molecular complexity index is 1250. The lowest BCUT2D eigenvalue weighted by atomic mass is 9.93. The number of hydrogen-bond acceptors (Lipinski definition) is 4. The van der Waals surface area contributed by atoms with Crippen LogP contribution in [0.3, 0.4) is 0 Å². The third-order valence-electron chi connectivity index (χ3n) is 5.86. The summed E-state index contributed by atoms with van der Waals surface area (Å²) < 4.78 is 5.53. The third kappa shape index (κ3) is 3.11. The normalized spacial score (nSPS) is 15.5. The van der Waals surface area contributed by atoms with Crippen molar-refractivity contribution in [3.63, 3.8) is 0 Å². The van der Waals surface area contributed by atoms with Gasteiger partial charge in [0.1, 0.15) is 22.9 Å². The molecule has 31 heavy (non-hydrogen) atoms. The molecule has 156 valence electrons. The number of fused-ring (bicyclic) bond motifs is 1. The van der Waals surface area contributed by atoms with Gasteiger partial charge in [-0.3, -0.25) is 9.89 Å². The zero-order valence-corrected chi connectivity index (χ0v) is 17.6. The molecule has 3 heterocycles. The van der Waals surface area contributed by atoms with Crippen LogP contribution in [-0.4, -0.2) is 26.1 Å². The number of phenolic OH excluding ortho intramolecular Hbond substituents is 1. The fourth-order valence-electron chi connectivity index (χ4n) is 4.47. The molecule has 5 rings (SSSR count). The highest BCUT2D eigenvalue weighted by atomic mass is 16.3. The standard InChI is InChI=1S/C25H23N3O3/c1-14-6-8-17(9-7-14)24-21-22(20-16(3)11-15(2)12-19(20)29)26-27-23(21)25(30)28(24)13-18-5-4-10-31-18/h4-12,24,29H,13H2,1-3H3,(H,26,27)/t24-/m0/s1.